The quantitative estimate of drug-likeness (QED) is 0.546. The lowest BCUT2D eigenvalue weighted by Gasteiger charge is -2.19. The van der Waals surface area contributed by atoms with E-state index in [2.05, 4.69) is 48.3 Å². The van der Waals surface area contributed by atoms with Crippen LogP contribution in [0.5, 0.6) is 0 Å². The zero-order valence-corrected chi connectivity index (χ0v) is 17.1. The van der Waals surface area contributed by atoms with Crippen molar-refractivity contribution in [2.45, 2.75) is 39.5 Å². The van der Waals surface area contributed by atoms with E-state index in [4.69, 9.17) is 4.42 Å². The van der Waals surface area contributed by atoms with Gasteiger partial charge in [0.1, 0.15) is 5.82 Å². The van der Waals surface area contributed by atoms with Crippen LogP contribution < -0.4 is 5.32 Å². The monoisotopic (exact) mass is 388 g/mol. The van der Waals surface area contributed by atoms with Gasteiger partial charge < -0.3 is 9.73 Å². The van der Waals surface area contributed by atoms with E-state index < -0.39 is 0 Å². The molecule has 0 atom stereocenters. The third kappa shape index (κ3) is 4.06. The Labute approximate surface area is 169 Å². The largest absolute Gasteiger partial charge is 0.417 e. The number of anilines is 1. The molecule has 0 aliphatic rings. The van der Waals surface area contributed by atoms with Gasteiger partial charge in [-0.3, -0.25) is 4.79 Å². The van der Waals surface area contributed by atoms with Crippen molar-refractivity contribution >= 4 is 17.3 Å². The van der Waals surface area contributed by atoms with Crippen LogP contribution in [0, 0.1) is 6.92 Å². The van der Waals surface area contributed by atoms with Crippen molar-refractivity contribution in [1.82, 2.24) is 14.6 Å². The van der Waals surface area contributed by atoms with E-state index in [1.165, 1.54) is 5.56 Å². The number of aryl methyl sites for hydroxylation is 1. The molecular weight excluding hydrogens is 364 g/mol. The van der Waals surface area contributed by atoms with Gasteiger partial charge in [-0.15, -0.1) is 5.10 Å². The Kier molecular flexibility index (Phi) is 4.70. The summed E-state index contributed by atoms with van der Waals surface area (Å²) in [6.07, 6.45) is 1.98. The highest BCUT2D eigenvalue weighted by atomic mass is 16.4. The second kappa shape index (κ2) is 7.20. The summed E-state index contributed by atoms with van der Waals surface area (Å²) in [6.45, 7) is 8.40. The van der Waals surface area contributed by atoms with Gasteiger partial charge in [-0.25, -0.2) is 4.98 Å². The molecule has 4 aromatic rings. The van der Waals surface area contributed by atoms with Gasteiger partial charge in [0.15, 0.2) is 0 Å². The highest BCUT2D eigenvalue weighted by molar-refractivity contribution is 5.92. The molecular formula is C23H24N4O2. The SMILES string of the molecule is Cc1ncc2oc(-c3ccc(NC(=O)Cc4ccc(C(C)(C)C)cc4)cc3)nn12. The molecule has 0 spiro atoms. The molecule has 6 heteroatoms. The average Bonchev–Trinajstić information content (AvgIpc) is 3.24. The van der Waals surface area contributed by atoms with Crippen molar-refractivity contribution in [2.75, 3.05) is 5.32 Å². The highest BCUT2D eigenvalue weighted by Gasteiger charge is 2.14. The second-order valence-electron chi connectivity index (χ2n) is 8.21. The maximum absolute atomic E-state index is 12.4. The summed E-state index contributed by atoms with van der Waals surface area (Å²) in [7, 11) is 0. The molecule has 1 amide bonds. The molecule has 1 N–H and O–H groups in total. The van der Waals surface area contributed by atoms with Crippen molar-refractivity contribution in [2.24, 2.45) is 0 Å². The first-order valence-corrected chi connectivity index (χ1v) is 9.60. The molecule has 0 bridgehead atoms. The number of aromatic nitrogens is 3. The van der Waals surface area contributed by atoms with Gasteiger partial charge in [0.25, 0.3) is 0 Å². The van der Waals surface area contributed by atoms with Gasteiger partial charge >= 0.3 is 0 Å². The van der Waals surface area contributed by atoms with Crippen LogP contribution in [0.15, 0.2) is 59.1 Å². The summed E-state index contributed by atoms with van der Waals surface area (Å²) in [5, 5.41) is 7.35. The number of nitrogens with one attached hydrogen (secondary N) is 1. The van der Waals surface area contributed by atoms with Gasteiger partial charge in [-0.2, -0.15) is 4.52 Å². The molecule has 0 radical (unpaired) electrons. The molecule has 29 heavy (non-hydrogen) atoms. The fourth-order valence-corrected chi connectivity index (χ4v) is 3.14. The van der Waals surface area contributed by atoms with E-state index in [1.54, 1.807) is 10.7 Å². The molecule has 4 rings (SSSR count). The number of nitrogens with zero attached hydrogens (tertiary/aromatic N) is 3. The van der Waals surface area contributed by atoms with Crippen LogP contribution in [0.25, 0.3) is 17.2 Å². The fourth-order valence-electron chi connectivity index (χ4n) is 3.14. The van der Waals surface area contributed by atoms with Crippen molar-refractivity contribution in [3.63, 3.8) is 0 Å². The molecule has 2 aromatic heterocycles. The Balaban J connectivity index is 1.41. The lowest BCUT2D eigenvalue weighted by molar-refractivity contribution is -0.115. The van der Waals surface area contributed by atoms with Gasteiger partial charge in [0, 0.05) is 11.3 Å². The normalized spacial score (nSPS) is 11.7. The summed E-state index contributed by atoms with van der Waals surface area (Å²) < 4.78 is 7.37. The number of amides is 1. The fraction of sp³-hybridized carbons (Fsp3) is 0.261. The number of hydrogen-bond donors (Lipinski definition) is 1. The van der Waals surface area contributed by atoms with E-state index in [0.717, 1.165) is 22.6 Å². The van der Waals surface area contributed by atoms with Crippen LogP contribution in [0.1, 0.15) is 37.7 Å². The first-order chi connectivity index (χ1) is 13.8. The summed E-state index contributed by atoms with van der Waals surface area (Å²) in [4.78, 5) is 16.5. The van der Waals surface area contributed by atoms with Crippen LogP contribution >= 0.6 is 0 Å². The van der Waals surface area contributed by atoms with Crippen LogP contribution in [0.4, 0.5) is 5.69 Å². The molecule has 0 saturated heterocycles. The molecule has 0 saturated carbocycles. The standard InChI is InChI=1S/C23H24N4O2/c1-15-24-14-21-27(15)26-22(29-21)17-7-11-19(12-8-17)25-20(28)13-16-5-9-18(10-6-16)23(2,3)4/h5-12,14H,13H2,1-4H3,(H,25,28). The minimum absolute atomic E-state index is 0.0478. The Bertz CT molecular complexity index is 1150. The average molecular weight is 388 g/mol. The zero-order chi connectivity index (χ0) is 20.6. The number of imidazole rings is 1. The van der Waals surface area contributed by atoms with E-state index in [1.807, 2.05) is 43.3 Å². The summed E-state index contributed by atoms with van der Waals surface area (Å²) >= 11 is 0. The van der Waals surface area contributed by atoms with Gasteiger partial charge in [-0.1, -0.05) is 45.0 Å². The number of benzene rings is 2. The molecule has 2 aromatic carbocycles. The highest BCUT2D eigenvalue weighted by Crippen LogP contribution is 2.24. The molecule has 148 valence electrons. The third-order valence-corrected chi connectivity index (χ3v) is 4.87. The maximum atomic E-state index is 12.4. The van der Waals surface area contributed by atoms with Gasteiger partial charge in [0.2, 0.25) is 17.5 Å². The van der Waals surface area contributed by atoms with E-state index in [9.17, 15) is 4.79 Å². The predicted octanol–water partition coefficient (Wildman–Crippen LogP) is 4.78. The Morgan fingerprint density at radius 2 is 1.76 bits per heavy atom. The molecule has 0 unspecified atom stereocenters. The van der Waals surface area contributed by atoms with Crippen molar-refractivity contribution < 1.29 is 9.21 Å². The number of fused-ring (bicyclic) bond motifs is 1. The molecule has 0 aliphatic heterocycles. The second-order valence-corrected chi connectivity index (χ2v) is 8.21. The first kappa shape index (κ1) is 18.9. The smallest absolute Gasteiger partial charge is 0.246 e. The van der Waals surface area contributed by atoms with Crippen molar-refractivity contribution in [1.29, 1.82) is 0 Å². The summed E-state index contributed by atoms with van der Waals surface area (Å²) in [5.74, 6) is 1.24. The Morgan fingerprint density at radius 1 is 1.07 bits per heavy atom. The Hall–Kier alpha value is -3.41. The van der Waals surface area contributed by atoms with Gasteiger partial charge in [0.05, 0.1) is 12.6 Å². The minimum Gasteiger partial charge on any atom is -0.417 e. The maximum Gasteiger partial charge on any atom is 0.246 e. The molecule has 6 nitrogen and oxygen atoms in total. The minimum atomic E-state index is -0.0478. The molecule has 0 fully saturated rings. The first-order valence-electron chi connectivity index (χ1n) is 9.60. The predicted molar refractivity (Wildman–Crippen MR) is 113 cm³/mol. The van der Waals surface area contributed by atoms with E-state index in [-0.39, 0.29) is 11.3 Å². The van der Waals surface area contributed by atoms with Crippen LogP contribution in [-0.2, 0) is 16.6 Å². The number of carbonyl (C=O) groups is 1. The third-order valence-electron chi connectivity index (χ3n) is 4.87. The van der Waals surface area contributed by atoms with E-state index >= 15 is 0 Å². The number of carbonyl (C=O) groups excluding carboxylic acids is 1. The van der Waals surface area contributed by atoms with Crippen LogP contribution in [0.2, 0.25) is 0 Å². The molecule has 2 heterocycles. The summed E-state index contributed by atoms with van der Waals surface area (Å²) in [6, 6.07) is 15.7. The number of hydrogen-bond acceptors (Lipinski definition) is 4. The lowest BCUT2D eigenvalue weighted by atomic mass is 9.86. The lowest BCUT2D eigenvalue weighted by Crippen LogP contribution is -2.15. The van der Waals surface area contributed by atoms with Gasteiger partial charge in [-0.05, 0) is 47.7 Å². The topological polar surface area (TPSA) is 72.4 Å². The van der Waals surface area contributed by atoms with Crippen LogP contribution in [-0.4, -0.2) is 20.5 Å². The zero-order valence-electron chi connectivity index (χ0n) is 17.1. The van der Waals surface area contributed by atoms with E-state index in [0.29, 0.717) is 18.0 Å². The number of rotatable bonds is 4. The van der Waals surface area contributed by atoms with Crippen LogP contribution in [0.3, 0.4) is 0 Å². The molecule has 0 aliphatic carbocycles. The summed E-state index contributed by atoms with van der Waals surface area (Å²) in [5.41, 5.74) is 4.53. The van der Waals surface area contributed by atoms with Crippen molar-refractivity contribution in [3.8, 4) is 11.5 Å². The Morgan fingerprint density at radius 3 is 2.38 bits per heavy atom. The van der Waals surface area contributed by atoms with Crippen molar-refractivity contribution in [3.05, 3.63) is 71.7 Å².